The summed E-state index contributed by atoms with van der Waals surface area (Å²) in [4.78, 5) is 4.18. The summed E-state index contributed by atoms with van der Waals surface area (Å²) in [5.74, 6) is -0.226. The monoisotopic (exact) mass is 265 g/mol. The lowest BCUT2D eigenvalue weighted by Crippen LogP contribution is -2.44. The molecule has 0 spiro atoms. The number of para-hydroxylation sites is 2. The summed E-state index contributed by atoms with van der Waals surface area (Å²) >= 11 is 0. The molecular formula is C16H15N3O. The van der Waals surface area contributed by atoms with Gasteiger partial charge in [-0.1, -0.05) is 30.3 Å². The van der Waals surface area contributed by atoms with Crippen molar-refractivity contribution in [3.8, 4) is 0 Å². The summed E-state index contributed by atoms with van der Waals surface area (Å²) in [7, 11) is 3.80. The fourth-order valence-electron chi connectivity index (χ4n) is 2.37. The number of hydrogen-bond acceptors (Lipinski definition) is 2. The molecule has 1 aromatic heterocycles. The second-order valence-corrected chi connectivity index (χ2v) is 4.67. The van der Waals surface area contributed by atoms with Crippen LogP contribution in [0.3, 0.4) is 0 Å². The molecule has 0 atom stereocenters. The maximum atomic E-state index is 12.5. The van der Waals surface area contributed by atoms with Crippen LogP contribution in [-0.4, -0.2) is 10.6 Å². The molecule has 3 rings (SSSR count). The molecule has 0 amide bonds. The molecule has 0 aliphatic rings. The van der Waals surface area contributed by atoms with E-state index in [-0.39, 0.29) is 5.90 Å². The maximum Gasteiger partial charge on any atom is 0.249 e. The van der Waals surface area contributed by atoms with Crippen molar-refractivity contribution in [1.82, 2.24) is 4.68 Å². The van der Waals surface area contributed by atoms with E-state index in [2.05, 4.69) is 4.99 Å². The van der Waals surface area contributed by atoms with Gasteiger partial charge in [0, 0.05) is 0 Å². The van der Waals surface area contributed by atoms with Gasteiger partial charge >= 0.3 is 0 Å². The van der Waals surface area contributed by atoms with Gasteiger partial charge in [-0.15, -0.1) is 4.68 Å². The summed E-state index contributed by atoms with van der Waals surface area (Å²) in [6, 6.07) is 17.1. The van der Waals surface area contributed by atoms with E-state index in [4.69, 9.17) is 0 Å². The van der Waals surface area contributed by atoms with Crippen molar-refractivity contribution in [2.45, 2.75) is 0 Å². The van der Waals surface area contributed by atoms with Gasteiger partial charge in [-0.3, -0.25) is 4.99 Å². The molecule has 0 saturated carbocycles. The number of benzene rings is 2. The molecule has 20 heavy (non-hydrogen) atoms. The van der Waals surface area contributed by atoms with Crippen LogP contribution in [0.2, 0.25) is 0 Å². The number of aromatic nitrogens is 2. The quantitative estimate of drug-likeness (QED) is 0.393. The van der Waals surface area contributed by atoms with Gasteiger partial charge in [0.2, 0.25) is 5.69 Å². The fourth-order valence-corrected chi connectivity index (χ4v) is 2.37. The van der Waals surface area contributed by atoms with Crippen LogP contribution in [0.1, 0.15) is 5.69 Å². The molecule has 2 aromatic carbocycles. The van der Waals surface area contributed by atoms with Crippen molar-refractivity contribution in [3.63, 3.8) is 0 Å². The molecule has 0 unspecified atom stereocenters. The average molecular weight is 265 g/mol. The molecule has 100 valence electrons. The third-order valence-corrected chi connectivity index (χ3v) is 3.47. The predicted molar refractivity (Wildman–Crippen MR) is 76.7 cm³/mol. The highest BCUT2D eigenvalue weighted by Gasteiger charge is 2.19. The largest absolute Gasteiger partial charge is 0.854 e. The normalized spacial score (nSPS) is 12.0. The SMILES string of the molecule is Cn1c2ccccc2c(C([O-])=Nc2ccccc2)[n+]1C. The second-order valence-electron chi connectivity index (χ2n) is 4.67. The van der Waals surface area contributed by atoms with Crippen LogP contribution >= 0.6 is 0 Å². The fraction of sp³-hybridized carbons (Fsp3) is 0.125. The second kappa shape index (κ2) is 4.81. The average Bonchev–Trinajstić information content (AvgIpc) is 2.72. The molecule has 0 aliphatic heterocycles. The molecule has 0 fully saturated rings. The van der Waals surface area contributed by atoms with Gasteiger partial charge < -0.3 is 5.11 Å². The van der Waals surface area contributed by atoms with Gasteiger partial charge in [0.1, 0.15) is 5.52 Å². The highest BCUT2D eigenvalue weighted by Crippen LogP contribution is 2.17. The van der Waals surface area contributed by atoms with Crippen molar-refractivity contribution in [3.05, 3.63) is 60.3 Å². The van der Waals surface area contributed by atoms with E-state index in [0.717, 1.165) is 10.9 Å². The van der Waals surface area contributed by atoms with Crippen LogP contribution in [0.25, 0.3) is 10.9 Å². The van der Waals surface area contributed by atoms with Crippen LogP contribution in [-0.2, 0) is 14.1 Å². The van der Waals surface area contributed by atoms with E-state index in [1.807, 2.05) is 78.1 Å². The van der Waals surface area contributed by atoms with E-state index in [1.54, 1.807) is 0 Å². The lowest BCUT2D eigenvalue weighted by Gasteiger charge is -2.06. The lowest BCUT2D eigenvalue weighted by atomic mass is 10.2. The van der Waals surface area contributed by atoms with Crippen molar-refractivity contribution < 1.29 is 9.79 Å². The summed E-state index contributed by atoms with van der Waals surface area (Å²) in [5, 5.41) is 13.4. The molecule has 3 aromatic rings. The van der Waals surface area contributed by atoms with E-state index in [1.165, 1.54) is 0 Å². The highest BCUT2D eigenvalue weighted by atomic mass is 16.3. The minimum Gasteiger partial charge on any atom is -0.854 e. The smallest absolute Gasteiger partial charge is 0.249 e. The minimum absolute atomic E-state index is 0.226. The number of aryl methyl sites for hydroxylation is 1. The van der Waals surface area contributed by atoms with Gasteiger partial charge in [-0.05, 0) is 24.3 Å². The maximum absolute atomic E-state index is 12.5. The van der Waals surface area contributed by atoms with E-state index < -0.39 is 0 Å². The Balaban J connectivity index is 2.20. The first-order chi connectivity index (χ1) is 9.68. The molecule has 0 aliphatic carbocycles. The third kappa shape index (κ3) is 1.95. The predicted octanol–water partition coefficient (Wildman–Crippen LogP) is 1.44. The Kier molecular flexibility index (Phi) is 2.99. The van der Waals surface area contributed by atoms with Crippen LogP contribution in [0, 0.1) is 0 Å². The Morgan fingerprint density at radius 1 is 1.05 bits per heavy atom. The van der Waals surface area contributed by atoms with E-state index in [0.29, 0.717) is 11.4 Å². The molecule has 4 nitrogen and oxygen atoms in total. The molecule has 0 N–H and O–H groups in total. The van der Waals surface area contributed by atoms with E-state index >= 15 is 0 Å². The van der Waals surface area contributed by atoms with Crippen LogP contribution in [0.5, 0.6) is 0 Å². The first kappa shape index (κ1) is 12.4. The Labute approximate surface area is 117 Å². The van der Waals surface area contributed by atoms with Crippen molar-refractivity contribution in [1.29, 1.82) is 0 Å². The highest BCUT2D eigenvalue weighted by molar-refractivity contribution is 6.01. The number of hydrogen-bond donors (Lipinski definition) is 0. The molecular weight excluding hydrogens is 250 g/mol. The standard InChI is InChI=1S/C16H15N3O/c1-18-14-11-7-6-10-13(14)15(19(18)2)16(20)17-12-8-4-3-5-9-12/h3-11H,1-2H3. The minimum atomic E-state index is -0.226. The lowest BCUT2D eigenvalue weighted by molar-refractivity contribution is -0.751. The molecule has 4 heteroatoms. The van der Waals surface area contributed by atoms with Crippen molar-refractivity contribution in [2.24, 2.45) is 19.1 Å². The van der Waals surface area contributed by atoms with Gasteiger partial charge in [0.15, 0.2) is 7.05 Å². The topological polar surface area (TPSA) is 44.2 Å². The van der Waals surface area contributed by atoms with Crippen LogP contribution in [0.4, 0.5) is 5.69 Å². The summed E-state index contributed by atoms with van der Waals surface area (Å²) in [6.45, 7) is 0. The van der Waals surface area contributed by atoms with Crippen LogP contribution in [0.15, 0.2) is 59.6 Å². The Bertz CT molecular complexity index is 788. The molecule has 0 bridgehead atoms. The first-order valence-corrected chi connectivity index (χ1v) is 6.43. The summed E-state index contributed by atoms with van der Waals surface area (Å²) in [5.41, 5.74) is 2.29. The number of nitrogens with zero attached hydrogens (tertiary/aromatic N) is 3. The summed E-state index contributed by atoms with van der Waals surface area (Å²) < 4.78 is 3.78. The molecule has 0 saturated heterocycles. The summed E-state index contributed by atoms with van der Waals surface area (Å²) in [6.07, 6.45) is 0. The van der Waals surface area contributed by atoms with Crippen molar-refractivity contribution >= 4 is 22.5 Å². The van der Waals surface area contributed by atoms with Gasteiger partial charge in [-0.2, -0.15) is 4.68 Å². The third-order valence-electron chi connectivity index (χ3n) is 3.47. The Morgan fingerprint density at radius 3 is 2.45 bits per heavy atom. The number of fused-ring (bicyclic) bond motifs is 1. The van der Waals surface area contributed by atoms with Gasteiger partial charge in [0.25, 0.3) is 0 Å². The Morgan fingerprint density at radius 2 is 1.70 bits per heavy atom. The zero-order chi connectivity index (χ0) is 14.1. The van der Waals surface area contributed by atoms with Gasteiger partial charge in [0.05, 0.1) is 24.0 Å². The van der Waals surface area contributed by atoms with Gasteiger partial charge in [-0.25, -0.2) is 0 Å². The molecule has 1 heterocycles. The zero-order valence-electron chi connectivity index (χ0n) is 11.4. The van der Waals surface area contributed by atoms with E-state index in [9.17, 15) is 5.11 Å². The zero-order valence-corrected chi connectivity index (χ0v) is 11.4. The van der Waals surface area contributed by atoms with Crippen LogP contribution < -0.4 is 9.79 Å². The number of aliphatic imine (C=N–C) groups is 1. The Hall–Kier alpha value is -2.62. The number of rotatable bonds is 2. The van der Waals surface area contributed by atoms with Crippen molar-refractivity contribution in [2.75, 3.05) is 0 Å². The molecule has 0 radical (unpaired) electrons. The first-order valence-electron chi connectivity index (χ1n) is 6.43.